The van der Waals surface area contributed by atoms with E-state index in [1.165, 1.54) is 60.5 Å². The molecule has 3 aromatic carbocycles. The van der Waals surface area contributed by atoms with Crippen LogP contribution in [0.3, 0.4) is 0 Å². The summed E-state index contributed by atoms with van der Waals surface area (Å²) < 4.78 is 51.7. The number of aliphatic carboxylic acids is 1. The number of halogens is 4. The van der Waals surface area contributed by atoms with Gasteiger partial charge in [0.15, 0.2) is 5.60 Å². The predicted molar refractivity (Wildman–Crippen MR) is 136 cm³/mol. The van der Waals surface area contributed by atoms with Crippen LogP contribution in [0.4, 0.5) is 13.2 Å². The minimum absolute atomic E-state index is 0.0395. The molecule has 0 aliphatic heterocycles. The summed E-state index contributed by atoms with van der Waals surface area (Å²) in [5.41, 5.74) is -2.87. The van der Waals surface area contributed by atoms with Crippen LogP contribution < -0.4 is 10.4 Å². The first-order chi connectivity index (χ1) is 17.7. The summed E-state index contributed by atoms with van der Waals surface area (Å²) in [7, 11) is 2.95. The fourth-order valence-corrected chi connectivity index (χ4v) is 4.87. The van der Waals surface area contributed by atoms with Gasteiger partial charge in [0.2, 0.25) is 0 Å². The Morgan fingerprint density at radius 3 is 2.16 bits per heavy atom. The maximum absolute atomic E-state index is 14.5. The van der Waals surface area contributed by atoms with Crippen molar-refractivity contribution >= 4 is 28.6 Å². The minimum atomic E-state index is -5.08. The Kier molecular flexibility index (Phi) is 7.07. The lowest BCUT2D eigenvalue weighted by Crippen LogP contribution is -2.46. The molecule has 0 radical (unpaired) electrons. The molecule has 38 heavy (non-hydrogen) atoms. The quantitative estimate of drug-likeness (QED) is 0.318. The van der Waals surface area contributed by atoms with Gasteiger partial charge in [-0.25, -0.2) is 4.79 Å². The van der Waals surface area contributed by atoms with E-state index in [1.807, 2.05) is 0 Å². The Balaban J connectivity index is 1.68. The van der Waals surface area contributed by atoms with Gasteiger partial charge in [0.05, 0.1) is 17.5 Å². The first-order valence-corrected chi connectivity index (χ1v) is 11.8. The van der Waals surface area contributed by atoms with E-state index in [-0.39, 0.29) is 28.3 Å². The van der Waals surface area contributed by atoms with Gasteiger partial charge in [-0.15, -0.1) is 0 Å². The Morgan fingerprint density at radius 2 is 1.58 bits per heavy atom. The summed E-state index contributed by atoms with van der Waals surface area (Å²) in [5.74, 6) is -1.88. The van der Waals surface area contributed by atoms with Crippen LogP contribution in [0.15, 0.2) is 65.5 Å². The molecule has 0 unspecified atom stereocenters. The van der Waals surface area contributed by atoms with Gasteiger partial charge in [0.1, 0.15) is 11.5 Å². The van der Waals surface area contributed by atoms with Gasteiger partial charge in [-0.1, -0.05) is 42.8 Å². The molecule has 4 aromatic rings. The number of alkyl halides is 3. The number of benzene rings is 3. The van der Waals surface area contributed by atoms with E-state index >= 15 is 0 Å². The Morgan fingerprint density at radius 1 is 0.974 bits per heavy atom. The fourth-order valence-electron chi connectivity index (χ4n) is 4.54. The lowest BCUT2D eigenvalue weighted by atomic mass is 9.77. The van der Waals surface area contributed by atoms with Crippen LogP contribution in [0, 0.1) is 0 Å². The molecule has 200 valence electrons. The highest BCUT2D eigenvalue weighted by atomic mass is 35.5. The molecule has 11 heteroatoms. The van der Waals surface area contributed by atoms with Crippen molar-refractivity contribution in [3.05, 3.63) is 92.9 Å². The van der Waals surface area contributed by atoms with Crippen molar-refractivity contribution in [3.8, 4) is 11.5 Å². The summed E-state index contributed by atoms with van der Waals surface area (Å²) in [6.45, 7) is 1.23. The van der Waals surface area contributed by atoms with E-state index in [0.29, 0.717) is 16.8 Å². The number of rotatable bonds is 7. The van der Waals surface area contributed by atoms with Crippen molar-refractivity contribution in [2.75, 3.05) is 0 Å². The Bertz CT molecular complexity index is 1580. The smallest absolute Gasteiger partial charge is 0.422 e. The molecule has 0 fully saturated rings. The Hall–Kier alpha value is -3.76. The Labute approximate surface area is 220 Å². The molecule has 0 aliphatic rings. The van der Waals surface area contributed by atoms with Crippen molar-refractivity contribution < 1.29 is 32.9 Å². The summed E-state index contributed by atoms with van der Waals surface area (Å²) in [5, 5.41) is 20.1. The SMILES string of the molecule is C[C@@H](c1ccc(Oc2ccc(CC(=O)O)cc2)cc1Cl)[C@](O)(c1ccc2c(c1)n(C)c(=O)n2C)C(F)(F)F. The van der Waals surface area contributed by atoms with E-state index < -0.39 is 34.9 Å². The molecular formula is C27H24ClF3N2O5. The number of carboxylic acids is 1. The summed E-state index contributed by atoms with van der Waals surface area (Å²) in [6, 6.07) is 14.1. The zero-order valence-corrected chi connectivity index (χ0v) is 21.3. The number of aromatic nitrogens is 2. The average molecular weight is 549 g/mol. The second-order valence-electron chi connectivity index (χ2n) is 9.09. The van der Waals surface area contributed by atoms with E-state index in [1.54, 1.807) is 24.3 Å². The number of nitrogens with zero attached hydrogens (tertiary/aromatic N) is 2. The predicted octanol–water partition coefficient (Wildman–Crippen LogP) is 5.50. The molecule has 0 amide bonds. The molecule has 0 spiro atoms. The summed E-state index contributed by atoms with van der Waals surface area (Å²) in [6.07, 6.45) is -5.22. The molecule has 2 N–H and O–H groups in total. The molecule has 2 atom stereocenters. The van der Waals surface area contributed by atoms with Gasteiger partial charge >= 0.3 is 17.8 Å². The molecule has 4 rings (SSSR count). The number of carboxylic acid groups (broad SMARTS) is 1. The van der Waals surface area contributed by atoms with Crippen LogP contribution in [0.2, 0.25) is 5.02 Å². The van der Waals surface area contributed by atoms with E-state index in [2.05, 4.69) is 0 Å². The number of hydrogen-bond acceptors (Lipinski definition) is 4. The number of fused-ring (bicyclic) bond motifs is 1. The van der Waals surface area contributed by atoms with E-state index in [0.717, 1.165) is 6.07 Å². The number of aliphatic hydroxyl groups is 1. The van der Waals surface area contributed by atoms with Crippen LogP contribution in [-0.2, 0) is 30.9 Å². The maximum Gasteiger partial charge on any atom is 0.422 e. The van der Waals surface area contributed by atoms with Gasteiger partial charge in [0, 0.05) is 25.0 Å². The third kappa shape index (κ3) is 4.77. The fraction of sp³-hybridized carbons (Fsp3) is 0.259. The lowest BCUT2D eigenvalue weighted by Gasteiger charge is -2.37. The molecule has 1 heterocycles. The van der Waals surface area contributed by atoms with Crippen molar-refractivity contribution in [1.29, 1.82) is 0 Å². The molecule has 0 aliphatic carbocycles. The van der Waals surface area contributed by atoms with E-state index in [4.69, 9.17) is 21.4 Å². The number of imidazole rings is 1. The summed E-state index contributed by atoms with van der Waals surface area (Å²) >= 11 is 6.39. The number of carbonyl (C=O) groups is 1. The highest BCUT2D eigenvalue weighted by Crippen LogP contribution is 2.50. The van der Waals surface area contributed by atoms with Gasteiger partial charge < -0.3 is 14.9 Å². The highest BCUT2D eigenvalue weighted by molar-refractivity contribution is 6.31. The monoisotopic (exact) mass is 548 g/mol. The molecule has 0 saturated heterocycles. The van der Waals surface area contributed by atoms with Crippen LogP contribution in [0.1, 0.15) is 29.5 Å². The minimum Gasteiger partial charge on any atom is -0.481 e. The van der Waals surface area contributed by atoms with Gasteiger partial charge in [0.25, 0.3) is 0 Å². The van der Waals surface area contributed by atoms with Crippen molar-refractivity contribution in [2.45, 2.75) is 31.0 Å². The molecule has 7 nitrogen and oxygen atoms in total. The number of ether oxygens (including phenoxy) is 1. The lowest BCUT2D eigenvalue weighted by molar-refractivity contribution is -0.274. The standard InChI is InChI=1S/C27H24ClF3N2O5/c1-15(20-10-9-19(14-21(20)28)38-18-7-4-16(5-8-18)12-24(34)35)26(37,27(29,30)31)17-6-11-22-23(13-17)33(3)25(36)32(22)2/h4-11,13-15,37H,12H2,1-3H3,(H,34,35)/t15-,26-/m0/s1. The zero-order chi connectivity index (χ0) is 28.0. The second-order valence-corrected chi connectivity index (χ2v) is 9.50. The second kappa shape index (κ2) is 9.85. The molecule has 0 bridgehead atoms. The van der Waals surface area contributed by atoms with Gasteiger partial charge in [-0.05, 0) is 53.1 Å². The van der Waals surface area contributed by atoms with Crippen molar-refractivity contribution in [2.24, 2.45) is 14.1 Å². The summed E-state index contributed by atoms with van der Waals surface area (Å²) in [4.78, 5) is 23.1. The molecule has 0 saturated carbocycles. The van der Waals surface area contributed by atoms with Gasteiger partial charge in [-0.2, -0.15) is 13.2 Å². The highest BCUT2D eigenvalue weighted by Gasteiger charge is 2.59. The largest absolute Gasteiger partial charge is 0.481 e. The van der Waals surface area contributed by atoms with Crippen LogP contribution in [0.25, 0.3) is 11.0 Å². The first kappa shape index (κ1) is 27.3. The maximum atomic E-state index is 14.5. The van der Waals surface area contributed by atoms with E-state index in [9.17, 15) is 27.9 Å². The zero-order valence-electron chi connectivity index (χ0n) is 20.6. The van der Waals surface area contributed by atoms with Crippen LogP contribution in [-0.4, -0.2) is 31.5 Å². The third-order valence-electron chi connectivity index (χ3n) is 6.72. The van der Waals surface area contributed by atoms with Gasteiger partial charge in [-0.3, -0.25) is 13.9 Å². The van der Waals surface area contributed by atoms with Crippen molar-refractivity contribution in [1.82, 2.24) is 9.13 Å². The topological polar surface area (TPSA) is 93.7 Å². The molecular weight excluding hydrogens is 525 g/mol. The first-order valence-electron chi connectivity index (χ1n) is 11.5. The average Bonchev–Trinajstić information content (AvgIpc) is 3.07. The third-order valence-corrected chi connectivity index (χ3v) is 7.05. The van der Waals surface area contributed by atoms with Crippen molar-refractivity contribution in [3.63, 3.8) is 0 Å². The molecule has 1 aromatic heterocycles. The number of hydrogen-bond donors (Lipinski definition) is 2. The normalized spacial score (nSPS) is 14.3. The number of aryl methyl sites for hydroxylation is 2. The van der Waals surface area contributed by atoms with Crippen LogP contribution in [0.5, 0.6) is 11.5 Å². The van der Waals surface area contributed by atoms with Crippen LogP contribution >= 0.6 is 11.6 Å².